The zero-order valence-corrected chi connectivity index (χ0v) is 18.5. The Bertz CT molecular complexity index is 1040. The summed E-state index contributed by atoms with van der Waals surface area (Å²) in [6.45, 7) is 4.03. The minimum atomic E-state index is -0.213. The topological polar surface area (TPSA) is 58.6 Å². The van der Waals surface area contributed by atoms with E-state index in [1.165, 1.54) is 16.2 Å². The zero-order chi connectivity index (χ0) is 21.7. The maximum Gasteiger partial charge on any atom is 0.264 e. The Kier molecular flexibility index (Phi) is 6.90. The monoisotopic (exact) mass is 422 g/mol. The van der Waals surface area contributed by atoms with Gasteiger partial charge in [-0.2, -0.15) is 0 Å². The number of amides is 2. The number of hydrogen-bond acceptors (Lipinski definition) is 4. The Morgan fingerprint density at radius 1 is 1.10 bits per heavy atom. The van der Waals surface area contributed by atoms with Gasteiger partial charge in [0.05, 0.1) is 18.5 Å². The molecule has 0 saturated heterocycles. The Hall–Kier alpha value is -3.12. The molecule has 30 heavy (non-hydrogen) atoms. The summed E-state index contributed by atoms with van der Waals surface area (Å²) in [5.41, 5.74) is 3.90. The number of carbonyl (C=O) groups excluding carboxylic acids is 2. The van der Waals surface area contributed by atoms with Crippen LogP contribution in [0.1, 0.15) is 27.0 Å². The van der Waals surface area contributed by atoms with E-state index in [9.17, 15) is 9.59 Å². The number of thiophene rings is 1. The van der Waals surface area contributed by atoms with E-state index in [1.54, 1.807) is 14.2 Å². The fourth-order valence-corrected chi connectivity index (χ4v) is 4.30. The molecule has 0 aliphatic heterocycles. The van der Waals surface area contributed by atoms with Crippen molar-refractivity contribution in [3.05, 3.63) is 69.9 Å². The van der Waals surface area contributed by atoms with Crippen molar-refractivity contribution in [1.29, 1.82) is 0 Å². The zero-order valence-electron chi connectivity index (χ0n) is 17.7. The Morgan fingerprint density at radius 3 is 2.47 bits per heavy atom. The second-order valence-corrected chi connectivity index (χ2v) is 8.29. The number of hydrogen-bond donors (Lipinski definition) is 1. The van der Waals surface area contributed by atoms with Crippen LogP contribution < -0.4 is 10.1 Å². The maximum atomic E-state index is 12.9. The predicted molar refractivity (Wildman–Crippen MR) is 122 cm³/mol. The van der Waals surface area contributed by atoms with Crippen LogP contribution in [0, 0.1) is 6.92 Å². The van der Waals surface area contributed by atoms with Crippen LogP contribution in [0.3, 0.4) is 0 Å². The van der Waals surface area contributed by atoms with Gasteiger partial charge in [0.1, 0.15) is 5.75 Å². The Morgan fingerprint density at radius 2 is 1.80 bits per heavy atom. The highest BCUT2D eigenvalue weighted by Crippen LogP contribution is 2.32. The van der Waals surface area contributed by atoms with Crippen molar-refractivity contribution in [2.24, 2.45) is 0 Å². The normalized spacial score (nSPS) is 10.5. The van der Waals surface area contributed by atoms with Gasteiger partial charge in [-0.3, -0.25) is 9.59 Å². The molecular weight excluding hydrogens is 396 g/mol. The first-order valence-electron chi connectivity index (χ1n) is 9.81. The second-order valence-electron chi connectivity index (χ2n) is 7.03. The Balaban J connectivity index is 1.69. The lowest BCUT2D eigenvalue weighted by Gasteiger charge is -2.17. The van der Waals surface area contributed by atoms with Crippen LogP contribution in [0.2, 0.25) is 0 Å². The molecule has 0 fully saturated rings. The van der Waals surface area contributed by atoms with E-state index < -0.39 is 0 Å². The number of anilines is 1. The van der Waals surface area contributed by atoms with Crippen LogP contribution in [-0.4, -0.2) is 37.4 Å². The van der Waals surface area contributed by atoms with Crippen LogP contribution in [0.5, 0.6) is 5.75 Å². The molecule has 2 aromatic carbocycles. The summed E-state index contributed by atoms with van der Waals surface area (Å²) in [4.78, 5) is 28.5. The number of para-hydroxylation sites is 1. The van der Waals surface area contributed by atoms with E-state index in [0.717, 1.165) is 39.4 Å². The quantitative estimate of drug-likeness (QED) is 0.583. The van der Waals surface area contributed by atoms with E-state index in [0.29, 0.717) is 4.88 Å². The molecule has 0 aliphatic carbocycles. The number of benzene rings is 2. The van der Waals surface area contributed by atoms with Crippen molar-refractivity contribution in [2.75, 3.05) is 26.0 Å². The van der Waals surface area contributed by atoms with Crippen molar-refractivity contribution in [3.8, 4) is 16.9 Å². The van der Waals surface area contributed by atoms with Crippen molar-refractivity contribution < 1.29 is 14.3 Å². The van der Waals surface area contributed by atoms with E-state index in [-0.39, 0.29) is 18.4 Å². The predicted octanol–water partition coefficient (Wildman–Crippen LogP) is 5.01. The number of rotatable bonds is 7. The highest BCUT2D eigenvalue weighted by molar-refractivity contribution is 7.14. The van der Waals surface area contributed by atoms with Gasteiger partial charge in [-0.25, -0.2) is 0 Å². The van der Waals surface area contributed by atoms with Crippen LogP contribution in [0.15, 0.2) is 54.6 Å². The highest BCUT2D eigenvalue weighted by atomic mass is 32.1. The number of aryl methyl sites for hydroxylation is 2. The number of carbonyl (C=O) groups is 2. The summed E-state index contributed by atoms with van der Waals surface area (Å²) in [5.74, 6) is 0.413. The maximum absolute atomic E-state index is 12.9. The van der Waals surface area contributed by atoms with E-state index in [1.807, 2.05) is 68.4 Å². The SMILES string of the molecule is CCc1ccccc1NC(=O)CN(C)C(=O)c1cc(-c2ccc(OC)cc2)c(C)s1. The number of ether oxygens (including phenoxy) is 1. The van der Waals surface area contributed by atoms with Crippen LogP contribution in [0.25, 0.3) is 11.1 Å². The molecule has 0 bridgehead atoms. The summed E-state index contributed by atoms with van der Waals surface area (Å²) in [7, 11) is 3.28. The van der Waals surface area contributed by atoms with Crippen LogP contribution in [-0.2, 0) is 11.2 Å². The molecule has 5 nitrogen and oxygen atoms in total. The van der Waals surface area contributed by atoms with Crippen molar-refractivity contribution >= 4 is 28.8 Å². The molecule has 0 spiro atoms. The lowest BCUT2D eigenvalue weighted by Crippen LogP contribution is -2.34. The molecule has 1 heterocycles. The molecule has 0 radical (unpaired) electrons. The third kappa shape index (κ3) is 4.89. The van der Waals surface area contributed by atoms with Crippen LogP contribution in [0.4, 0.5) is 5.69 Å². The first kappa shape index (κ1) is 21.6. The fraction of sp³-hybridized carbons (Fsp3) is 0.250. The summed E-state index contributed by atoms with van der Waals surface area (Å²) < 4.78 is 5.21. The van der Waals surface area contributed by atoms with Gasteiger partial charge in [-0.1, -0.05) is 37.3 Å². The molecule has 156 valence electrons. The first-order chi connectivity index (χ1) is 14.4. The molecule has 1 N–H and O–H groups in total. The minimum Gasteiger partial charge on any atom is -0.497 e. The minimum absolute atomic E-state index is 0.00824. The van der Waals surface area contributed by atoms with Gasteiger partial charge < -0.3 is 15.0 Å². The van der Waals surface area contributed by atoms with Gasteiger partial charge in [-0.15, -0.1) is 11.3 Å². The molecule has 0 atom stereocenters. The van der Waals surface area contributed by atoms with Crippen molar-refractivity contribution in [3.63, 3.8) is 0 Å². The van der Waals surface area contributed by atoms with E-state index >= 15 is 0 Å². The average molecular weight is 423 g/mol. The summed E-state index contributed by atoms with van der Waals surface area (Å²) in [6, 6.07) is 17.3. The number of methoxy groups -OCH3 is 1. The molecule has 6 heteroatoms. The Labute approximate surface area is 181 Å². The summed E-state index contributed by atoms with van der Waals surface area (Å²) in [5, 5.41) is 2.91. The molecule has 0 saturated carbocycles. The molecule has 3 rings (SSSR count). The van der Waals surface area contributed by atoms with Gasteiger partial charge in [0.2, 0.25) is 5.91 Å². The number of likely N-dealkylation sites (N-methyl/N-ethyl adjacent to an activating group) is 1. The standard InChI is InChI=1S/C24H26N2O3S/c1-5-17-8-6-7-9-21(17)25-23(27)15-26(3)24(28)22-14-20(16(2)30-22)18-10-12-19(29-4)13-11-18/h6-14H,5,15H2,1-4H3,(H,25,27). The largest absolute Gasteiger partial charge is 0.497 e. The second kappa shape index (κ2) is 9.59. The summed E-state index contributed by atoms with van der Waals surface area (Å²) in [6.07, 6.45) is 0.827. The molecule has 1 aromatic heterocycles. The van der Waals surface area contributed by atoms with Crippen molar-refractivity contribution in [2.45, 2.75) is 20.3 Å². The fourth-order valence-electron chi connectivity index (χ4n) is 3.26. The van der Waals surface area contributed by atoms with Gasteiger partial charge >= 0.3 is 0 Å². The third-order valence-electron chi connectivity index (χ3n) is 4.93. The molecule has 2 amide bonds. The molecule has 0 unspecified atom stereocenters. The van der Waals surface area contributed by atoms with Gasteiger partial charge in [0.15, 0.2) is 0 Å². The lowest BCUT2D eigenvalue weighted by molar-refractivity contribution is -0.116. The number of nitrogens with zero attached hydrogens (tertiary/aromatic N) is 1. The molecule has 0 aliphatic rings. The van der Waals surface area contributed by atoms with E-state index in [4.69, 9.17) is 4.74 Å². The highest BCUT2D eigenvalue weighted by Gasteiger charge is 2.19. The van der Waals surface area contributed by atoms with Crippen LogP contribution >= 0.6 is 11.3 Å². The molecule has 3 aromatic rings. The third-order valence-corrected chi connectivity index (χ3v) is 5.97. The molecular formula is C24H26N2O3S. The van der Waals surface area contributed by atoms with Crippen molar-refractivity contribution in [1.82, 2.24) is 4.90 Å². The lowest BCUT2D eigenvalue weighted by atomic mass is 10.1. The smallest absolute Gasteiger partial charge is 0.264 e. The first-order valence-corrected chi connectivity index (χ1v) is 10.6. The van der Waals surface area contributed by atoms with Gasteiger partial charge in [0.25, 0.3) is 5.91 Å². The van der Waals surface area contributed by atoms with E-state index in [2.05, 4.69) is 5.32 Å². The van der Waals surface area contributed by atoms with Gasteiger partial charge in [0, 0.05) is 17.6 Å². The average Bonchev–Trinajstić information content (AvgIpc) is 3.15. The number of nitrogens with one attached hydrogen (secondary N) is 1. The summed E-state index contributed by atoms with van der Waals surface area (Å²) >= 11 is 1.44. The van der Waals surface area contributed by atoms with Gasteiger partial charge in [-0.05, 0) is 54.3 Å².